The van der Waals surface area contributed by atoms with Gasteiger partial charge in [-0.15, -0.1) is 0 Å². The number of H-pyrrole nitrogens is 2. The highest BCUT2D eigenvalue weighted by molar-refractivity contribution is 5.75. The number of aromatic amines is 2. The SMILES string of the molecule is Cc1ccc(CC(O)c2ccc3[nH]c(=O)[nH]c3c2)cc1. The Morgan fingerprint density at radius 1 is 1.05 bits per heavy atom. The third-order valence-electron chi connectivity index (χ3n) is 3.47. The number of benzene rings is 2. The normalized spacial score (nSPS) is 12.7. The summed E-state index contributed by atoms with van der Waals surface area (Å²) in [6.45, 7) is 2.04. The van der Waals surface area contributed by atoms with Crippen molar-refractivity contribution in [1.29, 1.82) is 0 Å². The first-order valence-corrected chi connectivity index (χ1v) is 6.57. The number of aliphatic hydroxyl groups excluding tert-OH is 1. The number of hydrogen-bond acceptors (Lipinski definition) is 2. The Bertz CT molecular complexity index is 784. The number of hydrogen-bond donors (Lipinski definition) is 3. The molecule has 0 bridgehead atoms. The van der Waals surface area contributed by atoms with E-state index >= 15 is 0 Å². The Morgan fingerprint density at radius 3 is 2.50 bits per heavy atom. The van der Waals surface area contributed by atoms with Gasteiger partial charge in [-0.25, -0.2) is 4.79 Å². The number of aromatic nitrogens is 2. The predicted octanol–water partition coefficient (Wildman–Crippen LogP) is 2.44. The first-order valence-electron chi connectivity index (χ1n) is 6.57. The molecule has 102 valence electrons. The number of aliphatic hydroxyl groups is 1. The standard InChI is InChI=1S/C16H16N2O2/c1-10-2-4-11(5-3-10)8-15(19)12-6-7-13-14(9-12)18-16(20)17-13/h2-7,9,15,19H,8H2,1H3,(H2,17,18,20). The predicted molar refractivity (Wildman–Crippen MR) is 78.8 cm³/mol. The van der Waals surface area contributed by atoms with Crippen LogP contribution in [0.5, 0.6) is 0 Å². The molecular formula is C16H16N2O2. The van der Waals surface area contributed by atoms with Crippen molar-refractivity contribution in [3.8, 4) is 0 Å². The lowest BCUT2D eigenvalue weighted by molar-refractivity contribution is 0.178. The van der Waals surface area contributed by atoms with Crippen LogP contribution < -0.4 is 5.69 Å². The summed E-state index contributed by atoms with van der Waals surface area (Å²) < 4.78 is 0. The average molecular weight is 268 g/mol. The molecule has 20 heavy (non-hydrogen) atoms. The zero-order chi connectivity index (χ0) is 14.1. The fourth-order valence-corrected chi connectivity index (χ4v) is 2.32. The van der Waals surface area contributed by atoms with Gasteiger partial charge in [0.05, 0.1) is 17.1 Å². The van der Waals surface area contributed by atoms with Crippen LogP contribution in [0.3, 0.4) is 0 Å². The van der Waals surface area contributed by atoms with Crippen LogP contribution in [0.2, 0.25) is 0 Å². The molecule has 0 aliphatic heterocycles. The minimum Gasteiger partial charge on any atom is -0.388 e. The summed E-state index contributed by atoms with van der Waals surface area (Å²) in [5.74, 6) is 0. The molecule has 2 aromatic carbocycles. The Labute approximate surface area is 116 Å². The van der Waals surface area contributed by atoms with Gasteiger partial charge in [0, 0.05) is 6.42 Å². The minimum atomic E-state index is -0.583. The second kappa shape index (κ2) is 4.98. The summed E-state index contributed by atoms with van der Waals surface area (Å²) in [6.07, 6.45) is -0.0269. The van der Waals surface area contributed by atoms with Crippen LogP contribution in [0.1, 0.15) is 22.8 Å². The third-order valence-corrected chi connectivity index (χ3v) is 3.47. The number of aryl methyl sites for hydroxylation is 1. The highest BCUT2D eigenvalue weighted by Gasteiger charge is 2.10. The van der Waals surface area contributed by atoms with Gasteiger partial charge < -0.3 is 15.1 Å². The zero-order valence-electron chi connectivity index (χ0n) is 11.2. The van der Waals surface area contributed by atoms with E-state index < -0.39 is 6.10 Å². The van der Waals surface area contributed by atoms with Crippen LogP contribution in [0, 0.1) is 6.92 Å². The molecule has 3 rings (SSSR count). The summed E-state index contributed by atoms with van der Waals surface area (Å²) in [7, 11) is 0. The molecule has 0 saturated carbocycles. The van der Waals surface area contributed by atoms with E-state index in [9.17, 15) is 9.90 Å². The molecule has 0 saturated heterocycles. The van der Waals surface area contributed by atoms with Crippen molar-refractivity contribution >= 4 is 11.0 Å². The van der Waals surface area contributed by atoms with E-state index in [1.165, 1.54) is 5.56 Å². The lowest BCUT2D eigenvalue weighted by Gasteiger charge is -2.11. The van der Waals surface area contributed by atoms with Gasteiger partial charge in [0.15, 0.2) is 0 Å². The van der Waals surface area contributed by atoms with E-state index in [0.29, 0.717) is 6.42 Å². The van der Waals surface area contributed by atoms with Crippen molar-refractivity contribution in [2.75, 3.05) is 0 Å². The van der Waals surface area contributed by atoms with Crippen LogP contribution in [0.4, 0.5) is 0 Å². The lowest BCUT2D eigenvalue weighted by Crippen LogP contribution is -2.01. The number of fused-ring (bicyclic) bond motifs is 1. The second-order valence-corrected chi connectivity index (χ2v) is 5.09. The maximum atomic E-state index is 11.2. The van der Waals surface area contributed by atoms with Crippen LogP contribution in [-0.2, 0) is 6.42 Å². The van der Waals surface area contributed by atoms with Gasteiger partial charge in [0.2, 0.25) is 0 Å². The van der Waals surface area contributed by atoms with Gasteiger partial charge in [-0.05, 0) is 30.2 Å². The molecule has 0 amide bonds. The van der Waals surface area contributed by atoms with Gasteiger partial charge in [-0.3, -0.25) is 0 Å². The lowest BCUT2D eigenvalue weighted by atomic mass is 10.0. The summed E-state index contributed by atoms with van der Waals surface area (Å²) in [6, 6.07) is 13.6. The van der Waals surface area contributed by atoms with Gasteiger partial charge in [-0.2, -0.15) is 0 Å². The van der Waals surface area contributed by atoms with Crippen molar-refractivity contribution in [3.63, 3.8) is 0 Å². The van der Waals surface area contributed by atoms with E-state index in [1.807, 2.05) is 43.3 Å². The van der Waals surface area contributed by atoms with Crippen LogP contribution >= 0.6 is 0 Å². The largest absolute Gasteiger partial charge is 0.388 e. The molecular weight excluding hydrogens is 252 g/mol. The Hall–Kier alpha value is -2.33. The van der Waals surface area contributed by atoms with Crippen molar-refractivity contribution < 1.29 is 5.11 Å². The number of nitrogens with one attached hydrogen (secondary N) is 2. The van der Waals surface area contributed by atoms with Gasteiger partial charge >= 0.3 is 5.69 Å². The Kier molecular flexibility index (Phi) is 3.16. The highest BCUT2D eigenvalue weighted by atomic mass is 16.3. The van der Waals surface area contributed by atoms with E-state index in [2.05, 4.69) is 9.97 Å². The molecule has 1 heterocycles. The van der Waals surface area contributed by atoms with Crippen LogP contribution in [0.25, 0.3) is 11.0 Å². The molecule has 3 N–H and O–H groups in total. The first-order chi connectivity index (χ1) is 9.61. The molecule has 4 nitrogen and oxygen atoms in total. The van der Waals surface area contributed by atoms with Crippen LogP contribution in [0.15, 0.2) is 47.3 Å². The van der Waals surface area contributed by atoms with Crippen molar-refractivity contribution in [2.24, 2.45) is 0 Å². The van der Waals surface area contributed by atoms with E-state index in [-0.39, 0.29) is 5.69 Å². The first kappa shape index (κ1) is 12.7. The monoisotopic (exact) mass is 268 g/mol. The molecule has 1 unspecified atom stereocenters. The van der Waals surface area contributed by atoms with Gasteiger partial charge in [0.25, 0.3) is 0 Å². The van der Waals surface area contributed by atoms with Gasteiger partial charge in [0.1, 0.15) is 0 Å². The molecule has 0 aliphatic rings. The van der Waals surface area contributed by atoms with E-state index in [4.69, 9.17) is 0 Å². The summed E-state index contributed by atoms with van der Waals surface area (Å²) in [5.41, 5.74) is 4.33. The zero-order valence-corrected chi connectivity index (χ0v) is 11.2. The molecule has 1 atom stereocenters. The fourth-order valence-electron chi connectivity index (χ4n) is 2.32. The van der Waals surface area contributed by atoms with Crippen LogP contribution in [-0.4, -0.2) is 15.1 Å². The summed E-state index contributed by atoms with van der Waals surface area (Å²) in [5, 5.41) is 10.3. The van der Waals surface area contributed by atoms with Crippen molar-refractivity contribution in [1.82, 2.24) is 9.97 Å². The fraction of sp³-hybridized carbons (Fsp3) is 0.188. The Balaban J connectivity index is 1.85. The molecule has 1 aromatic heterocycles. The molecule has 0 fully saturated rings. The third kappa shape index (κ3) is 2.51. The summed E-state index contributed by atoms with van der Waals surface area (Å²) >= 11 is 0. The minimum absolute atomic E-state index is 0.231. The topological polar surface area (TPSA) is 68.9 Å². The Morgan fingerprint density at radius 2 is 1.75 bits per heavy atom. The maximum absolute atomic E-state index is 11.2. The summed E-state index contributed by atoms with van der Waals surface area (Å²) in [4.78, 5) is 16.6. The molecule has 3 aromatic rings. The molecule has 0 radical (unpaired) electrons. The van der Waals surface area contributed by atoms with Crippen molar-refractivity contribution in [3.05, 3.63) is 69.6 Å². The van der Waals surface area contributed by atoms with Crippen molar-refractivity contribution in [2.45, 2.75) is 19.4 Å². The van der Waals surface area contributed by atoms with Gasteiger partial charge in [-0.1, -0.05) is 35.9 Å². The second-order valence-electron chi connectivity index (χ2n) is 5.09. The molecule has 4 heteroatoms. The number of imidazole rings is 1. The maximum Gasteiger partial charge on any atom is 0.323 e. The van der Waals surface area contributed by atoms with E-state index in [0.717, 1.165) is 22.2 Å². The quantitative estimate of drug-likeness (QED) is 0.683. The number of rotatable bonds is 3. The smallest absolute Gasteiger partial charge is 0.323 e. The highest BCUT2D eigenvalue weighted by Crippen LogP contribution is 2.21. The average Bonchev–Trinajstić information content (AvgIpc) is 2.80. The van der Waals surface area contributed by atoms with E-state index in [1.54, 1.807) is 6.07 Å². The molecule has 0 spiro atoms. The molecule has 0 aliphatic carbocycles.